The molecule has 0 saturated carbocycles. The standard InChI is InChI=1S/C29H34ClN5O2/c1-5-29(36)32-23-8-6-7-21(16-23)20(2)15-26-25(30)19-31-28(33-26)17-22-9-10-24(18-27(22)37-4)35-13-11-34(3)12-14-35/h5-10,16,18-20H,1,11-15,17H2,2-4H3,(H,32,36). The topological polar surface area (TPSA) is 70.6 Å². The van der Waals surface area contributed by atoms with Gasteiger partial charge in [0.25, 0.3) is 0 Å². The number of halogens is 1. The van der Waals surface area contributed by atoms with Crippen molar-refractivity contribution in [2.75, 3.05) is 50.6 Å². The van der Waals surface area contributed by atoms with Gasteiger partial charge in [0.05, 0.1) is 17.8 Å². The Kier molecular flexibility index (Phi) is 8.79. The number of rotatable bonds is 9. The fourth-order valence-electron chi connectivity index (χ4n) is 4.51. The molecule has 1 saturated heterocycles. The molecule has 1 aromatic heterocycles. The number of piperazine rings is 1. The Hall–Kier alpha value is -3.42. The maximum atomic E-state index is 11.7. The van der Waals surface area contributed by atoms with Crippen molar-refractivity contribution < 1.29 is 9.53 Å². The zero-order chi connectivity index (χ0) is 26.4. The first-order valence-corrected chi connectivity index (χ1v) is 12.9. The predicted molar refractivity (Wildman–Crippen MR) is 150 cm³/mol. The number of amides is 1. The molecule has 2 heterocycles. The number of nitrogens with one attached hydrogen (secondary N) is 1. The molecule has 1 aliphatic rings. The van der Waals surface area contributed by atoms with Crippen LogP contribution in [-0.4, -0.2) is 61.1 Å². The molecule has 1 fully saturated rings. The normalized spacial score (nSPS) is 14.8. The lowest BCUT2D eigenvalue weighted by Gasteiger charge is -2.34. The first kappa shape index (κ1) is 26.6. The third-order valence-corrected chi connectivity index (χ3v) is 7.08. The summed E-state index contributed by atoms with van der Waals surface area (Å²) in [5.74, 6) is 1.44. The fourth-order valence-corrected chi connectivity index (χ4v) is 4.68. The van der Waals surface area contributed by atoms with Crippen LogP contribution in [0.1, 0.15) is 35.5 Å². The number of carbonyl (C=O) groups excluding carboxylic acids is 1. The van der Waals surface area contributed by atoms with Gasteiger partial charge in [0, 0.05) is 61.8 Å². The summed E-state index contributed by atoms with van der Waals surface area (Å²) in [5.41, 5.74) is 4.82. The third-order valence-electron chi connectivity index (χ3n) is 6.76. The van der Waals surface area contributed by atoms with E-state index in [0.717, 1.165) is 54.4 Å². The van der Waals surface area contributed by atoms with Crippen LogP contribution in [0.4, 0.5) is 11.4 Å². The molecule has 1 aliphatic heterocycles. The Morgan fingerprint density at radius 3 is 2.73 bits per heavy atom. The van der Waals surface area contributed by atoms with Gasteiger partial charge >= 0.3 is 0 Å². The van der Waals surface area contributed by atoms with Crippen molar-refractivity contribution >= 4 is 28.9 Å². The van der Waals surface area contributed by atoms with Crippen LogP contribution in [-0.2, 0) is 17.6 Å². The minimum Gasteiger partial charge on any atom is -0.496 e. The van der Waals surface area contributed by atoms with E-state index in [4.69, 9.17) is 21.3 Å². The third kappa shape index (κ3) is 6.87. The van der Waals surface area contributed by atoms with Crippen molar-refractivity contribution in [2.45, 2.75) is 25.7 Å². The second kappa shape index (κ2) is 12.2. The number of anilines is 2. The largest absolute Gasteiger partial charge is 0.496 e. The van der Waals surface area contributed by atoms with Gasteiger partial charge in [-0.1, -0.05) is 43.3 Å². The number of hydrogen-bond acceptors (Lipinski definition) is 6. The van der Waals surface area contributed by atoms with Crippen molar-refractivity contribution in [1.29, 1.82) is 0 Å². The zero-order valence-corrected chi connectivity index (χ0v) is 22.5. The smallest absolute Gasteiger partial charge is 0.247 e. The minimum atomic E-state index is -0.236. The van der Waals surface area contributed by atoms with Gasteiger partial charge in [0.1, 0.15) is 11.6 Å². The number of ether oxygens (including phenoxy) is 1. The van der Waals surface area contributed by atoms with E-state index < -0.39 is 0 Å². The molecule has 194 valence electrons. The van der Waals surface area contributed by atoms with Crippen LogP contribution >= 0.6 is 11.6 Å². The molecule has 0 radical (unpaired) electrons. The zero-order valence-electron chi connectivity index (χ0n) is 21.7. The van der Waals surface area contributed by atoms with Crippen molar-refractivity contribution in [3.8, 4) is 5.75 Å². The summed E-state index contributed by atoms with van der Waals surface area (Å²) in [6, 6.07) is 14.2. The highest BCUT2D eigenvalue weighted by atomic mass is 35.5. The fraction of sp³-hybridized carbons (Fsp3) is 0.345. The van der Waals surface area contributed by atoms with Crippen LogP contribution in [0.2, 0.25) is 5.02 Å². The molecule has 3 aromatic rings. The van der Waals surface area contributed by atoms with Crippen LogP contribution in [0.25, 0.3) is 0 Å². The first-order chi connectivity index (χ1) is 17.9. The Morgan fingerprint density at radius 1 is 1.22 bits per heavy atom. The van der Waals surface area contributed by atoms with Gasteiger partial charge in [0.15, 0.2) is 0 Å². The van der Waals surface area contributed by atoms with Gasteiger partial charge in [-0.25, -0.2) is 9.97 Å². The van der Waals surface area contributed by atoms with Gasteiger partial charge in [-0.2, -0.15) is 0 Å². The number of benzene rings is 2. The second-order valence-electron chi connectivity index (χ2n) is 9.47. The van der Waals surface area contributed by atoms with Gasteiger partial charge < -0.3 is 19.9 Å². The van der Waals surface area contributed by atoms with Crippen LogP contribution in [0.15, 0.2) is 61.3 Å². The lowest BCUT2D eigenvalue weighted by molar-refractivity contribution is -0.111. The Balaban J connectivity index is 1.48. The molecule has 7 nitrogen and oxygen atoms in total. The number of hydrogen-bond donors (Lipinski definition) is 1. The molecule has 0 aliphatic carbocycles. The van der Waals surface area contributed by atoms with Crippen molar-refractivity contribution in [3.05, 3.63) is 89.0 Å². The molecule has 1 amide bonds. The molecule has 1 unspecified atom stereocenters. The van der Waals surface area contributed by atoms with E-state index in [9.17, 15) is 4.79 Å². The van der Waals surface area contributed by atoms with Crippen molar-refractivity contribution in [2.24, 2.45) is 0 Å². The molecule has 0 spiro atoms. The van der Waals surface area contributed by atoms with Crippen LogP contribution in [0.5, 0.6) is 5.75 Å². The highest BCUT2D eigenvalue weighted by Gasteiger charge is 2.17. The van der Waals surface area contributed by atoms with Crippen LogP contribution in [0.3, 0.4) is 0 Å². The van der Waals surface area contributed by atoms with E-state index in [1.807, 2.05) is 24.3 Å². The minimum absolute atomic E-state index is 0.137. The van der Waals surface area contributed by atoms with E-state index in [2.05, 4.69) is 58.9 Å². The van der Waals surface area contributed by atoms with Crippen molar-refractivity contribution in [1.82, 2.24) is 14.9 Å². The summed E-state index contributed by atoms with van der Waals surface area (Å²) in [6.45, 7) is 9.74. The van der Waals surface area contributed by atoms with Gasteiger partial charge in [-0.3, -0.25) is 4.79 Å². The molecule has 1 atom stereocenters. The predicted octanol–water partition coefficient (Wildman–Crippen LogP) is 4.95. The summed E-state index contributed by atoms with van der Waals surface area (Å²) >= 11 is 6.50. The first-order valence-electron chi connectivity index (χ1n) is 12.5. The Bertz CT molecular complexity index is 1260. The number of methoxy groups -OCH3 is 1. The number of aromatic nitrogens is 2. The molecule has 1 N–H and O–H groups in total. The van der Waals surface area contributed by atoms with Crippen LogP contribution < -0.4 is 15.0 Å². The summed E-state index contributed by atoms with van der Waals surface area (Å²) in [7, 11) is 3.86. The van der Waals surface area contributed by atoms with Gasteiger partial charge in [-0.05, 0) is 49.2 Å². The number of likely N-dealkylation sites (N-methyl/N-ethyl adjacent to an activating group) is 1. The highest BCUT2D eigenvalue weighted by molar-refractivity contribution is 6.31. The van der Waals surface area contributed by atoms with E-state index in [0.29, 0.717) is 23.7 Å². The van der Waals surface area contributed by atoms with E-state index in [1.54, 1.807) is 13.3 Å². The lowest BCUT2D eigenvalue weighted by Crippen LogP contribution is -2.44. The maximum absolute atomic E-state index is 11.7. The van der Waals surface area contributed by atoms with Crippen LogP contribution in [0, 0.1) is 0 Å². The summed E-state index contributed by atoms with van der Waals surface area (Å²) in [6.07, 6.45) is 4.13. The lowest BCUT2D eigenvalue weighted by atomic mass is 9.95. The maximum Gasteiger partial charge on any atom is 0.247 e. The highest BCUT2D eigenvalue weighted by Crippen LogP contribution is 2.29. The molecule has 2 aromatic carbocycles. The second-order valence-corrected chi connectivity index (χ2v) is 9.88. The molecule has 37 heavy (non-hydrogen) atoms. The SMILES string of the molecule is C=CC(=O)Nc1cccc(C(C)Cc2nc(Cc3ccc(N4CCN(C)CC4)cc3OC)ncc2Cl)c1. The average Bonchev–Trinajstić information content (AvgIpc) is 2.91. The van der Waals surface area contributed by atoms with E-state index in [-0.39, 0.29) is 11.8 Å². The quantitative estimate of drug-likeness (QED) is 0.403. The van der Waals surface area contributed by atoms with E-state index >= 15 is 0 Å². The Labute approximate surface area is 224 Å². The summed E-state index contributed by atoms with van der Waals surface area (Å²) < 4.78 is 5.74. The summed E-state index contributed by atoms with van der Waals surface area (Å²) in [5, 5.41) is 3.36. The molecule has 8 heteroatoms. The number of nitrogens with zero attached hydrogens (tertiary/aromatic N) is 4. The van der Waals surface area contributed by atoms with E-state index in [1.165, 1.54) is 11.8 Å². The molecule has 4 rings (SSSR count). The molecular weight excluding hydrogens is 486 g/mol. The van der Waals surface area contributed by atoms with Crippen molar-refractivity contribution in [3.63, 3.8) is 0 Å². The monoisotopic (exact) mass is 519 g/mol. The summed E-state index contributed by atoms with van der Waals surface area (Å²) in [4.78, 5) is 25.7. The molecule has 0 bridgehead atoms. The van der Waals surface area contributed by atoms with Gasteiger partial charge in [0.2, 0.25) is 5.91 Å². The Morgan fingerprint density at radius 2 is 2.00 bits per heavy atom. The number of carbonyl (C=O) groups is 1. The molecular formula is C29H34ClN5O2. The average molecular weight is 520 g/mol. The van der Waals surface area contributed by atoms with Gasteiger partial charge in [-0.15, -0.1) is 0 Å².